The van der Waals surface area contributed by atoms with Gasteiger partial charge in [-0.05, 0) is 42.3 Å². The van der Waals surface area contributed by atoms with Crippen LogP contribution in [0.15, 0.2) is 48.8 Å². The van der Waals surface area contributed by atoms with Gasteiger partial charge < -0.3 is 9.88 Å². The van der Waals surface area contributed by atoms with Crippen molar-refractivity contribution in [2.45, 2.75) is 6.42 Å². The van der Waals surface area contributed by atoms with Gasteiger partial charge in [-0.2, -0.15) is 0 Å². The zero-order valence-electron chi connectivity index (χ0n) is 12.2. The van der Waals surface area contributed by atoms with Gasteiger partial charge in [0, 0.05) is 42.0 Å². The molecule has 0 spiro atoms. The van der Waals surface area contributed by atoms with Crippen molar-refractivity contribution in [3.05, 3.63) is 64.9 Å². The number of amides is 1. The van der Waals surface area contributed by atoms with E-state index < -0.39 is 0 Å². The van der Waals surface area contributed by atoms with E-state index >= 15 is 0 Å². The van der Waals surface area contributed by atoms with Gasteiger partial charge in [-0.3, -0.25) is 4.79 Å². The molecule has 0 aliphatic carbocycles. The summed E-state index contributed by atoms with van der Waals surface area (Å²) < 4.78 is 2.00. The molecule has 0 bridgehead atoms. The van der Waals surface area contributed by atoms with Crippen molar-refractivity contribution in [3.63, 3.8) is 0 Å². The Bertz CT molecular complexity index is 826. The Hall–Kier alpha value is -2.33. The second kappa shape index (κ2) is 6.20. The minimum absolute atomic E-state index is 0.110. The first-order valence-electron chi connectivity index (χ1n) is 7.08. The average Bonchev–Trinajstić information content (AvgIpc) is 2.84. The van der Waals surface area contributed by atoms with Crippen LogP contribution in [0.4, 0.5) is 0 Å². The van der Waals surface area contributed by atoms with Crippen molar-refractivity contribution in [2.75, 3.05) is 6.54 Å². The highest BCUT2D eigenvalue weighted by Gasteiger charge is 2.09. The number of nitrogens with one attached hydrogen (secondary N) is 1. The van der Waals surface area contributed by atoms with Crippen molar-refractivity contribution >= 4 is 28.5 Å². The topological polar surface area (TPSA) is 46.9 Å². The van der Waals surface area contributed by atoms with Gasteiger partial charge in [0.15, 0.2) is 0 Å². The largest absolute Gasteiger partial charge is 0.352 e. The van der Waals surface area contributed by atoms with Crippen molar-refractivity contribution < 1.29 is 4.79 Å². The third kappa shape index (κ3) is 2.97. The predicted molar refractivity (Wildman–Crippen MR) is 88.2 cm³/mol. The maximum absolute atomic E-state index is 12.1. The van der Waals surface area contributed by atoms with E-state index in [9.17, 15) is 4.79 Å². The molecule has 0 aliphatic rings. The quantitative estimate of drug-likeness (QED) is 0.804. The van der Waals surface area contributed by atoms with E-state index in [0.29, 0.717) is 17.1 Å². The van der Waals surface area contributed by atoms with Crippen molar-refractivity contribution in [1.82, 2.24) is 14.9 Å². The molecule has 0 radical (unpaired) electrons. The molecule has 4 nitrogen and oxygen atoms in total. The van der Waals surface area contributed by atoms with E-state index in [1.54, 1.807) is 30.5 Å². The maximum Gasteiger partial charge on any atom is 0.251 e. The molecule has 112 valence electrons. The molecule has 0 atom stereocenters. The lowest BCUT2D eigenvalue weighted by Crippen LogP contribution is -2.25. The number of hydrogen-bond donors (Lipinski definition) is 1. The van der Waals surface area contributed by atoms with Crippen LogP contribution in [0, 0.1) is 0 Å². The third-order valence-electron chi connectivity index (χ3n) is 3.58. The Morgan fingerprint density at radius 2 is 2.18 bits per heavy atom. The fourth-order valence-electron chi connectivity index (χ4n) is 2.53. The summed E-state index contributed by atoms with van der Waals surface area (Å²) in [6, 6.07) is 10.9. The van der Waals surface area contributed by atoms with Crippen LogP contribution in [0.2, 0.25) is 5.02 Å². The van der Waals surface area contributed by atoms with E-state index in [0.717, 1.165) is 17.5 Å². The highest BCUT2D eigenvalue weighted by Crippen LogP contribution is 2.18. The fourth-order valence-corrected chi connectivity index (χ4v) is 2.73. The lowest BCUT2D eigenvalue weighted by Gasteiger charge is -2.05. The van der Waals surface area contributed by atoms with Crippen LogP contribution < -0.4 is 5.32 Å². The van der Waals surface area contributed by atoms with E-state index in [1.165, 1.54) is 5.56 Å². The van der Waals surface area contributed by atoms with Crippen LogP contribution in [0.5, 0.6) is 0 Å². The number of halogens is 1. The van der Waals surface area contributed by atoms with Crippen molar-refractivity contribution in [1.29, 1.82) is 0 Å². The molecule has 0 unspecified atom stereocenters. The van der Waals surface area contributed by atoms with Crippen LogP contribution >= 0.6 is 11.6 Å². The van der Waals surface area contributed by atoms with Crippen LogP contribution in [-0.2, 0) is 13.5 Å². The van der Waals surface area contributed by atoms with Gasteiger partial charge in [-0.1, -0.05) is 17.7 Å². The summed E-state index contributed by atoms with van der Waals surface area (Å²) in [5, 5.41) is 4.61. The lowest BCUT2D eigenvalue weighted by molar-refractivity contribution is 0.0954. The zero-order chi connectivity index (χ0) is 15.5. The summed E-state index contributed by atoms with van der Waals surface area (Å²) >= 11 is 5.90. The number of fused-ring (bicyclic) bond motifs is 1. The number of aromatic nitrogens is 2. The Balaban J connectivity index is 1.66. The van der Waals surface area contributed by atoms with Gasteiger partial charge in [0.2, 0.25) is 0 Å². The summed E-state index contributed by atoms with van der Waals surface area (Å²) in [5.41, 5.74) is 2.71. The van der Waals surface area contributed by atoms with E-state index in [2.05, 4.69) is 22.6 Å². The molecule has 0 aliphatic heterocycles. The summed E-state index contributed by atoms with van der Waals surface area (Å²) in [6.07, 6.45) is 4.60. The molecule has 0 fully saturated rings. The molecule has 5 heteroatoms. The van der Waals surface area contributed by atoms with E-state index in [4.69, 9.17) is 11.6 Å². The maximum atomic E-state index is 12.1. The highest BCUT2D eigenvalue weighted by molar-refractivity contribution is 6.30. The van der Waals surface area contributed by atoms with E-state index in [-0.39, 0.29) is 5.91 Å². The minimum atomic E-state index is -0.110. The van der Waals surface area contributed by atoms with Gasteiger partial charge in [0.1, 0.15) is 5.65 Å². The SMILES string of the molecule is Cn1cc(CCNC(=O)c2cccc(Cl)c2)c2cccnc21. The first-order chi connectivity index (χ1) is 10.6. The van der Waals surface area contributed by atoms with Gasteiger partial charge in [-0.15, -0.1) is 0 Å². The Morgan fingerprint density at radius 1 is 1.32 bits per heavy atom. The number of rotatable bonds is 4. The van der Waals surface area contributed by atoms with Crippen molar-refractivity contribution in [2.24, 2.45) is 7.05 Å². The summed E-state index contributed by atoms with van der Waals surface area (Å²) in [7, 11) is 1.98. The normalized spacial score (nSPS) is 10.8. The number of aryl methyl sites for hydroxylation is 1. The number of benzene rings is 1. The number of carbonyl (C=O) groups excluding carboxylic acids is 1. The predicted octanol–water partition coefficient (Wildman–Crippen LogP) is 3.20. The number of carbonyl (C=O) groups is 1. The molecule has 3 aromatic rings. The summed E-state index contributed by atoms with van der Waals surface area (Å²) in [6.45, 7) is 0.569. The minimum Gasteiger partial charge on any atom is -0.352 e. The molecule has 1 aromatic carbocycles. The first kappa shape index (κ1) is 14.6. The van der Waals surface area contributed by atoms with Gasteiger partial charge >= 0.3 is 0 Å². The molecule has 22 heavy (non-hydrogen) atoms. The highest BCUT2D eigenvalue weighted by atomic mass is 35.5. The number of nitrogens with zero attached hydrogens (tertiary/aromatic N) is 2. The molecule has 3 rings (SSSR count). The Kier molecular flexibility index (Phi) is 4.11. The molecule has 0 saturated heterocycles. The van der Waals surface area contributed by atoms with Crippen LogP contribution in [0.25, 0.3) is 11.0 Å². The summed E-state index contributed by atoms with van der Waals surface area (Å²) in [5.74, 6) is -0.110. The third-order valence-corrected chi connectivity index (χ3v) is 3.82. The molecule has 1 N–H and O–H groups in total. The molecular weight excluding hydrogens is 298 g/mol. The monoisotopic (exact) mass is 313 g/mol. The number of pyridine rings is 1. The van der Waals surface area contributed by atoms with Crippen LogP contribution in [-0.4, -0.2) is 22.0 Å². The smallest absolute Gasteiger partial charge is 0.251 e. The lowest BCUT2D eigenvalue weighted by atomic mass is 10.1. The standard InChI is InChI=1S/C17H16ClN3O/c1-21-11-13(15-6-3-8-19-16(15)21)7-9-20-17(22)12-4-2-5-14(18)10-12/h2-6,8,10-11H,7,9H2,1H3,(H,20,22). The molecule has 0 saturated carbocycles. The molecule has 2 aromatic heterocycles. The van der Waals surface area contributed by atoms with Gasteiger partial charge in [-0.25, -0.2) is 4.98 Å². The van der Waals surface area contributed by atoms with Gasteiger partial charge in [0.05, 0.1) is 0 Å². The fraction of sp³-hybridized carbons (Fsp3) is 0.176. The summed E-state index contributed by atoms with van der Waals surface area (Å²) in [4.78, 5) is 16.4. The molecule has 2 heterocycles. The van der Waals surface area contributed by atoms with E-state index in [1.807, 2.05) is 17.7 Å². The van der Waals surface area contributed by atoms with Crippen LogP contribution in [0.1, 0.15) is 15.9 Å². The Labute approximate surface area is 133 Å². The van der Waals surface area contributed by atoms with Crippen molar-refractivity contribution in [3.8, 4) is 0 Å². The number of hydrogen-bond acceptors (Lipinski definition) is 2. The molecular formula is C17H16ClN3O. The first-order valence-corrected chi connectivity index (χ1v) is 7.45. The molecule has 1 amide bonds. The van der Waals surface area contributed by atoms with Crippen LogP contribution in [0.3, 0.4) is 0 Å². The van der Waals surface area contributed by atoms with Gasteiger partial charge in [0.25, 0.3) is 5.91 Å². The average molecular weight is 314 g/mol. The second-order valence-electron chi connectivity index (χ2n) is 5.16. The second-order valence-corrected chi connectivity index (χ2v) is 5.59. The zero-order valence-corrected chi connectivity index (χ0v) is 13.0. The Morgan fingerprint density at radius 3 is 3.00 bits per heavy atom.